The number of guanidine groups is 1. The van der Waals surface area contributed by atoms with E-state index in [1.807, 2.05) is 5.43 Å². The number of rotatable bonds is 31. The van der Waals surface area contributed by atoms with Crippen LogP contribution in [0.5, 0.6) is 5.75 Å². The Morgan fingerprint density at radius 2 is 1.30 bits per heavy atom. The molecule has 2 aromatic carbocycles. The molecule has 536 valence electrons. The number of hydrogen-bond acceptors (Lipinski definition) is 17. The number of nitrogens with two attached hydrogens (primary N) is 3. The third-order valence-electron chi connectivity index (χ3n) is 15.1. The zero-order chi connectivity index (χ0) is 72.6. The van der Waals surface area contributed by atoms with E-state index in [0.717, 1.165) is 0 Å². The molecule has 0 radical (unpaired) electrons. The highest BCUT2D eigenvalue weighted by molar-refractivity contribution is 5.99. The molecule has 4 aromatic rings. The first-order valence-electron chi connectivity index (χ1n) is 31.1. The smallest absolute Gasteiger partial charge is 0.490 e. The molecule has 98 heavy (non-hydrogen) atoms. The number of imidazole rings is 1. The maximum absolute atomic E-state index is 14.8. The number of urea groups is 1. The van der Waals surface area contributed by atoms with Crippen molar-refractivity contribution in [3.63, 3.8) is 0 Å². The fourth-order valence-electron chi connectivity index (χ4n) is 10.2. The van der Waals surface area contributed by atoms with E-state index in [0.29, 0.717) is 34.1 Å². The summed E-state index contributed by atoms with van der Waals surface area (Å²) >= 11 is 0. The lowest BCUT2D eigenvalue weighted by molar-refractivity contribution is -0.192. The van der Waals surface area contributed by atoms with E-state index in [1.54, 1.807) is 65.1 Å². The Balaban J connectivity index is 0.00000234. The molecular weight excluding hydrogens is 1300 g/mol. The first-order chi connectivity index (χ1) is 46.1. The summed E-state index contributed by atoms with van der Waals surface area (Å²) in [6.45, 7) is 7.28. The molecule has 0 saturated carbocycles. The van der Waals surface area contributed by atoms with Crippen molar-refractivity contribution >= 4 is 87.9 Å². The highest BCUT2D eigenvalue weighted by Crippen LogP contribution is 2.23. The Labute approximate surface area is 559 Å². The summed E-state index contributed by atoms with van der Waals surface area (Å²) < 4.78 is 37.8. The molecule has 0 bridgehead atoms. The van der Waals surface area contributed by atoms with Crippen molar-refractivity contribution in [3.05, 3.63) is 84.1 Å². The average Bonchev–Trinajstić information content (AvgIpc) is 1.56. The maximum atomic E-state index is 14.8. The Hall–Kier alpha value is -10.6. The number of likely N-dealkylation sites (tertiary alicyclic amines) is 1. The number of H-pyrrole nitrogens is 2. The maximum Gasteiger partial charge on any atom is 0.490 e. The van der Waals surface area contributed by atoms with Crippen LogP contribution >= 0.6 is 0 Å². The Kier molecular flexibility index (Phi) is 29.1. The number of carboxylic acid groups (broad SMARTS) is 1. The van der Waals surface area contributed by atoms with Crippen LogP contribution < -0.4 is 70.6 Å². The number of aliphatic imine (C=N–C) groups is 1. The number of phenols is 1. The lowest BCUT2D eigenvalue weighted by atomic mass is 10.0. The van der Waals surface area contributed by atoms with Gasteiger partial charge in [-0.05, 0) is 94.5 Å². The summed E-state index contributed by atoms with van der Waals surface area (Å²) in [6, 6.07) is -0.716. The molecule has 2 aliphatic heterocycles. The normalized spacial score (nSPS) is 16.6. The number of primary amides is 1. The SMILES string of the molecule is CC(C)C[C@@H](NC(=O)[C@@H](COC(C)(C)C)NC(=O)[C@H](Cc1ccc(O)cc1)NC(=O)[C@H](CO)NC(=O)[C@H](Cc1c[nH]c2ccccc12)NC(=O)[C@H](Cc1cnc[nH]1)NC(=O)[C@@H]1CCC(=O)N1)C(=O)N[C@@H](CCCN=C(N)N)C(=O)N1CCC[C@H]1C(=O)NNC(N)=O.O=C(O)C(F)(F)F. The molecule has 0 aliphatic carbocycles. The van der Waals surface area contributed by atoms with Crippen molar-refractivity contribution in [1.29, 1.82) is 0 Å². The fourth-order valence-corrected chi connectivity index (χ4v) is 10.2. The van der Waals surface area contributed by atoms with Crippen LogP contribution in [0.25, 0.3) is 10.9 Å². The number of aliphatic carboxylic acids is 1. The number of carbonyl (C=O) groups excluding carboxylic acids is 11. The molecule has 37 heteroatoms. The first-order valence-corrected chi connectivity index (χ1v) is 31.1. The number of halogens is 3. The number of carboxylic acids is 1. The van der Waals surface area contributed by atoms with E-state index in [9.17, 15) is 76.1 Å². The Morgan fingerprint density at radius 1 is 0.724 bits per heavy atom. The lowest BCUT2D eigenvalue weighted by Gasteiger charge is -2.31. The summed E-state index contributed by atoms with van der Waals surface area (Å²) in [5, 5.41) is 49.9. The number of hydrogen-bond donors (Lipinski definition) is 18. The summed E-state index contributed by atoms with van der Waals surface area (Å²) in [4.78, 5) is 176. The van der Waals surface area contributed by atoms with Gasteiger partial charge in [0.15, 0.2) is 5.96 Å². The molecule has 9 atom stereocenters. The second-order valence-electron chi connectivity index (χ2n) is 24.5. The van der Waals surface area contributed by atoms with Gasteiger partial charge in [-0.25, -0.2) is 20.0 Å². The predicted octanol–water partition coefficient (Wildman–Crippen LogP) is -2.47. The summed E-state index contributed by atoms with van der Waals surface area (Å²) in [7, 11) is 0. The number of para-hydroxylation sites is 1. The van der Waals surface area contributed by atoms with Gasteiger partial charge in [-0.2, -0.15) is 13.2 Å². The number of alkyl halides is 3. The van der Waals surface area contributed by atoms with Crippen molar-refractivity contribution in [3.8, 4) is 5.75 Å². The number of amides is 12. The number of aromatic nitrogens is 3. The summed E-state index contributed by atoms with van der Waals surface area (Å²) in [5.41, 5.74) is 21.6. The van der Waals surface area contributed by atoms with Gasteiger partial charge in [-0.15, -0.1) is 0 Å². The lowest BCUT2D eigenvalue weighted by Crippen LogP contribution is -2.62. The number of phenolic OH excluding ortho intramolecular Hbond substituents is 1. The molecule has 4 heterocycles. The van der Waals surface area contributed by atoms with E-state index in [1.165, 1.54) is 41.7 Å². The number of benzene rings is 2. The largest absolute Gasteiger partial charge is 0.508 e. The third-order valence-corrected chi connectivity index (χ3v) is 15.1. The number of nitrogens with one attached hydrogen (secondary N) is 12. The Morgan fingerprint density at radius 3 is 1.87 bits per heavy atom. The monoisotopic (exact) mass is 1380 g/mol. The summed E-state index contributed by atoms with van der Waals surface area (Å²) in [6.07, 6.45) is -0.175. The van der Waals surface area contributed by atoms with Gasteiger partial charge < -0.3 is 94.7 Å². The minimum atomic E-state index is -5.08. The number of aromatic amines is 2. The third kappa shape index (κ3) is 25.2. The van der Waals surface area contributed by atoms with Crippen LogP contribution in [0.15, 0.2) is 72.2 Å². The number of aromatic hydroxyl groups is 1. The van der Waals surface area contributed by atoms with E-state index < -0.39 is 145 Å². The molecule has 2 aliphatic rings. The van der Waals surface area contributed by atoms with E-state index in [4.69, 9.17) is 31.8 Å². The molecule has 6 rings (SSSR count). The fraction of sp³-hybridized carbons (Fsp3) is 0.508. The van der Waals surface area contributed by atoms with E-state index in [-0.39, 0.29) is 94.4 Å². The molecule has 0 spiro atoms. The quantitative estimate of drug-likeness (QED) is 0.0107. The summed E-state index contributed by atoms with van der Waals surface area (Å²) in [5.74, 6) is -11.3. The van der Waals surface area contributed by atoms with Gasteiger partial charge >= 0.3 is 18.2 Å². The molecule has 0 unspecified atom stereocenters. The molecule has 34 nitrogen and oxygen atoms in total. The van der Waals surface area contributed by atoms with Crippen LogP contribution in [0.1, 0.15) is 96.4 Å². The van der Waals surface area contributed by atoms with Crippen molar-refractivity contribution in [2.75, 3.05) is 26.3 Å². The molecule has 21 N–H and O–H groups in total. The van der Waals surface area contributed by atoms with Crippen molar-refractivity contribution in [2.24, 2.45) is 28.1 Å². The second kappa shape index (κ2) is 36.5. The molecule has 2 fully saturated rings. The standard InChI is InChI=1S/C59H84N18O14.C2HF3O2/c1-31(2)22-40(49(82)68-39(12-8-20-64-57(60)61)56(89)77-21-9-13-46(77)55(88)75-76-58(62)90)69-54(87)45(29-91-59(3,4)5)74-50(83)41(23-32-14-16-35(79)17-15-32)70-53(86)44(28-78)73-51(84)42(24-33-26-65-37-11-7-6-10-36(33)37)71-52(85)43(25-34-27-63-30-66-34)72-48(81)38-18-19-47(80)67-38;3-2(4,5)1(6)7/h6-7,10-11,14-17,26-27,30-31,38-46,65,78-79H,8-9,12-13,18-25,28-29H2,1-5H3,(H,63,66)(H,67,80)(H,68,82)(H,69,87)(H,70,86)(H,71,85)(H,72,81)(H,73,84)(H,74,83)(H,75,88)(H4,60,61,64)(H3,62,76,90);(H,6,7)/t38-,39-,40+,41-,42-,43-,44-,45+,46-;/m0./s1. The zero-order valence-electron chi connectivity index (χ0n) is 54.4. The highest BCUT2D eigenvalue weighted by atomic mass is 19.4. The number of aliphatic hydroxyl groups is 1. The zero-order valence-corrected chi connectivity index (χ0v) is 54.4. The Bertz CT molecular complexity index is 3470. The molecular formula is C61H85F3N18O16. The number of aliphatic hydroxyl groups excluding tert-OH is 1. The first kappa shape index (κ1) is 78.1. The van der Waals surface area contributed by atoms with Gasteiger partial charge in [0.05, 0.1) is 25.1 Å². The van der Waals surface area contributed by atoms with Crippen LogP contribution in [0.3, 0.4) is 0 Å². The van der Waals surface area contributed by atoms with Crippen molar-refractivity contribution in [2.45, 2.75) is 165 Å². The van der Waals surface area contributed by atoms with Gasteiger partial charge in [-0.1, -0.05) is 44.2 Å². The molecule has 2 aromatic heterocycles. The highest BCUT2D eigenvalue weighted by Gasteiger charge is 2.41. The number of ether oxygens (including phenoxy) is 1. The average molecular weight is 1380 g/mol. The molecule has 2 saturated heterocycles. The van der Waals surface area contributed by atoms with E-state index in [2.05, 4.69) is 67.9 Å². The van der Waals surface area contributed by atoms with Gasteiger partial charge in [0.2, 0.25) is 53.2 Å². The van der Waals surface area contributed by atoms with Crippen LogP contribution in [0.4, 0.5) is 18.0 Å². The van der Waals surface area contributed by atoms with Crippen molar-refractivity contribution < 1.29 is 90.8 Å². The predicted molar refractivity (Wildman–Crippen MR) is 342 cm³/mol. The van der Waals surface area contributed by atoms with Crippen LogP contribution in [0.2, 0.25) is 0 Å². The topological polar surface area (TPSA) is 533 Å². The molecule has 12 amide bonds. The van der Waals surface area contributed by atoms with Crippen LogP contribution in [-0.2, 0) is 76.7 Å². The second-order valence-corrected chi connectivity index (χ2v) is 24.5. The van der Waals surface area contributed by atoms with Gasteiger partial charge in [0.25, 0.3) is 5.91 Å². The van der Waals surface area contributed by atoms with Crippen LogP contribution in [-0.4, -0.2) is 205 Å². The number of carbonyl (C=O) groups is 12. The van der Waals surface area contributed by atoms with Gasteiger partial charge in [-0.3, -0.25) is 58.4 Å². The minimum absolute atomic E-state index is 0.00453. The van der Waals surface area contributed by atoms with Gasteiger partial charge in [0, 0.05) is 67.8 Å². The number of nitrogens with zero attached hydrogens (tertiary/aromatic N) is 3. The van der Waals surface area contributed by atoms with Crippen molar-refractivity contribution in [1.82, 2.24) is 73.2 Å². The van der Waals surface area contributed by atoms with E-state index >= 15 is 0 Å². The number of fused-ring (bicyclic) bond motifs is 1. The van der Waals surface area contributed by atoms with Gasteiger partial charge in [0.1, 0.15) is 60.1 Å². The minimum Gasteiger partial charge on any atom is -0.508 e. The van der Waals surface area contributed by atoms with Crippen LogP contribution in [0, 0.1) is 5.92 Å². The number of hydrazine groups is 1.